The molecule has 1 aliphatic rings. The second-order valence-electron chi connectivity index (χ2n) is 6.68. The number of anilines is 1. The van der Waals surface area contributed by atoms with Gasteiger partial charge in [-0.1, -0.05) is 23.6 Å². The van der Waals surface area contributed by atoms with Gasteiger partial charge in [0.15, 0.2) is 22.5 Å². The summed E-state index contributed by atoms with van der Waals surface area (Å²) in [5, 5.41) is 15.7. The van der Waals surface area contributed by atoms with E-state index >= 15 is 0 Å². The second kappa shape index (κ2) is 8.05. The van der Waals surface area contributed by atoms with Gasteiger partial charge in [0.1, 0.15) is 12.4 Å². The van der Waals surface area contributed by atoms with E-state index in [1.807, 2.05) is 19.1 Å². The zero-order chi connectivity index (χ0) is 21.3. The number of ether oxygens (including phenoxy) is 2. The molecule has 0 unspecified atom stereocenters. The number of aromatic nitrogens is 4. The number of hydrogen-bond acceptors (Lipinski definition) is 6. The molecule has 0 bridgehead atoms. The fourth-order valence-electron chi connectivity index (χ4n) is 3.56. The third-order valence-electron chi connectivity index (χ3n) is 4.84. The predicted octanol–water partition coefficient (Wildman–Crippen LogP) is 3.12. The van der Waals surface area contributed by atoms with Gasteiger partial charge in [-0.25, -0.2) is 0 Å². The van der Waals surface area contributed by atoms with Crippen molar-refractivity contribution < 1.29 is 14.3 Å². The highest BCUT2D eigenvalue weighted by molar-refractivity contribution is 6.29. The summed E-state index contributed by atoms with van der Waals surface area (Å²) in [6.07, 6.45) is 5.55. The van der Waals surface area contributed by atoms with Gasteiger partial charge in [0.2, 0.25) is 5.91 Å². The van der Waals surface area contributed by atoms with Crippen molar-refractivity contribution in [3.8, 4) is 29.7 Å². The van der Waals surface area contributed by atoms with Crippen LogP contribution in [0, 0.1) is 19.3 Å². The van der Waals surface area contributed by atoms with Gasteiger partial charge in [-0.15, -0.1) is 16.6 Å². The molecule has 0 radical (unpaired) electrons. The summed E-state index contributed by atoms with van der Waals surface area (Å²) in [5.74, 6) is 4.22. The van der Waals surface area contributed by atoms with E-state index in [4.69, 9.17) is 27.5 Å². The Morgan fingerprint density at radius 2 is 2.13 bits per heavy atom. The van der Waals surface area contributed by atoms with Gasteiger partial charge in [-0.2, -0.15) is 9.78 Å². The van der Waals surface area contributed by atoms with Crippen molar-refractivity contribution in [1.29, 1.82) is 0 Å². The molecule has 3 aromatic rings. The zero-order valence-corrected chi connectivity index (χ0v) is 17.1. The van der Waals surface area contributed by atoms with Crippen LogP contribution in [0.5, 0.6) is 11.5 Å². The van der Waals surface area contributed by atoms with Gasteiger partial charge < -0.3 is 14.8 Å². The number of carbonyl (C=O) groups is 1. The number of fused-ring (bicyclic) bond motifs is 1. The van der Waals surface area contributed by atoms with Crippen LogP contribution in [-0.4, -0.2) is 39.6 Å². The predicted molar refractivity (Wildman–Crippen MR) is 111 cm³/mol. The minimum absolute atomic E-state index is 0.123. The van der Waals surface area contributed by atoms with Crippen LogP contribution in [0.25, 0.3) is 5.82 Å². The number of aryl methyl sites for hydroxylation is 1. The molecule has 0 saturated heterocycles. The van der Waals surface area contributed by atoms with Crippen LogP contribution >= 0.6 is 11.6 Å². The third kappa shape index (κ3) is 3.55. The van der Waals surface area contributed by atoms with E-state index in [2.05, 4.69) is 26.5 Å². The topological polar surface area (TPSA) is 91.2 Å². The molecule has 1 amide bonds. The van der Waals surface area contributed by atoms with Gasteiger partial charge in [0.25, 0.3) is 0 Å². The van der Waals surface area contributed by atoms with E-state index in [1.54, 1.807) is 30.0 Å². The maximum absolute atomic E-state index is 12.5. The van der Waals surface area contributed by atoms with E-state index in [0.717, 1.165) is 16.8 Å². The maximum atomic E-state index is 12.5. The smallest absolute Gasteiger partial charge is 0.226 e. The van der Waals surface area contributed by atoms with Crippen LogP contribution < -0.4 is 14.8 Å². The van der Waals surface area contributed by atoms with Crippen LogP contribution in [0.2, 0.25) is 5.15 Å². The first-order valence-electron chi connectivity index (χ1n) is 9.15. The number of benzene rings is 1. The first-order chi connectivity index (χ1) is 14.5. The Kier molecular flexibility index (Phi) is 5.29. The lowest BCUT2D eigenvalue weighted by Gasteiger charge is -2.25. The largest absolute Gasteiger partial charge is 0.493 e. The summed E-state index contributed by atoms with van der Waals surface area (Å²) in [6.45, 7) is 2.03. The molecule has 1 aliphatic heterocycles. The Morgan fingerprint density at radius 3 is 2.83 bits per heavy atom. The van der Waals surface area contributed by atoms with Gasteiger partial charge in [-0.3, -0.25) is 4.79 Å². The van der Waals surface area contributed by atoms with Crippen molar-refractivity contribution in [1.82, 2.24) is 20.0 Å². The van der Waals surface area contributed by atoms with Crippen LogP contribution in [0.15, 0.2) is 30.3 Å². The minimum Gasteiger partial charge on any atom is -0.493 e. The molecule has 152 valence electrons. The molecule has 3 heterocycles. The zero-order valence-electron chi connectivity index (χ0n) is 16.3. The monoisotopic (exact) mass is 423 g/mol. The Morgan fingerprint density at radius 1 is 1.30 bits per heavy atom. The lowest BCUT2D eigenvalue weighted by Crippen LogP contribution is -2.25. The highest BCUT2D eigenvalue weighted by atomic mass is 35.5. The molecule has 0 aliphatic carbocycles. The number of terminal acetylenes is 1. The Labute approximate surface area is 178 Å². The first-order valence-corrected chi connectivity index (χ1v) is 9.52. The molecule has 1 aromatic carbocycles. The highest BCUT2D eigenvalue weighted by Crippen LogP contribution is 2.42. The SMILES string of the molecule is C#CCOc1ccc([C@@H]2CC(=O)Nc3c2c(C)nn3-c2ccc(Cl)nn2)cc1OC. The fourth-order valence-corrected chi connectivity index (χ4v) is 3.66. The number of nitrogens with zero attached hydrogens (tertiary/aromatic N) is 4. The van der Waals surface area contributed by atoms with Crippen LogP contribution in [0.3, 0.4) is 0 Å². The Bertz CT molecular complexity index is 1150. The standard InChI is InChI=1S/C21H18ClN5O3/c1-4-9-30-15-6-5-13(10-16(15)29-3)14-11-19(28)23-21-20(14)12(2)26-27(21)18-8-7-17(22)24-25-18/h1,5-8,10,14H,9,11H2,2-3H3,(H,23,28)/t14-/m0/s1. The van der Waals surface area contributed by atoms with Crippen LogP contribution in [0.4, 0.5) is 5.82 Å². The molecule has 4 rings (SSSR count). The lowest BCUT2D eigenvalue weighted by molar-refractivity contribution is -0.116. The number of halogens is 1. The van der Waals surface area contributed by atoms with Gasteiger partial charge in [0.05, 0.1) is 12.8 Å². The molecular weight excluding hydrogens is 406 g/mol. The number of amides is 1. The van der Waals surface area contributed by atoms with Gasteiger partial charge in [0, 0.05) is 17.9 Å². The average molecular weight is 424 g/mol. The third-order valence-corrected chi connectivity index (χ3v) is 5.04. The van der Waals surface area contributed by atoms with E-state index < -0.39 is 0 Å². The Hall–Kier alpha value is -3.57. The summed E-state index contributed by atoms with van der Waals surface area (Å²) >= 11 is 5.84. The molecule has 1 N–H and O–H groups in total. The Balaban J connectivity index is 1.79. The van der Waals surface area contributed by atoms with E-state index in [-0.39, 0.29) is 30.0 Å². The normalized spacial score (nSPS) is 15.1. The number of carbonyl (C=O) groups excluding carboxylic acids is 1. The fraction of sp³-hybridized carbons (Fsp3) is 0.238. The second-order valence-corrected chi connectivity index (χ2v) is 7.07. The van der Waals surface area contributed by atoms with Crippen molar-refractivity contribution in [3.05, 3.63) is 52.3 Å². The number of nitrogens with one attached hydrogen (secondary N) is 1. The molecule has 0 fully saturated rings. The summed E-state index contributed by atoms with van der Waals surface area (Å²) < 4.78 is 12.6. The lowest BCUT2D eigenvalue weighted by atomic mass is 9.85. The number of rotatable bonds is 5. The summed E-state index contributed by atoms with van der Waals surface area (Å²) in [4.78, 5) is 12.5. The highest BCUT2D eigenvalue weighted by Gasteiger charge is 2.33. The van der Waals surface area contributed by atoms with Crippen molar-refractivity contribution in [2.75, 3.05) is 19.0 Å². The quantitative estimate of drug-likeness (QED) is 0.634. The van der Waals surface area contributed by atoms with Crippen LogP contribution in [0.1, 0.15) is 29.2 Å². The number of methoxy groups -OCH3 is 1. The average Bonchev–Trinajstić information content (AvgIpc) is 3.08. The molecule has 30 heavy (non-hydrogen) atoms. The van der Waals surface area contributed by atoms with E-state index in [9.17, 15) is 4.79 Å². The molecule has 0 saturated carbocycles. The van der Waals surface area contributed by atoms with Crippen molar-refractivity contribution in [2.24, 2.45) is 0 Å². The summed E-state index contributed by atoms with van der Waals surface area (Å²) in [6, 6.07) is 8.87. The summed E-state index contributed by atoms with van der Waals surface area (Å²) in [5.41, 5.74) is 2.59. The van der Waals surface area contributed by atoms with Gasteiger partial charge >= 0.3 is 0 Å². The van der Waals surface area contributed by atoms with E-state index in [1.165, 1.54) is 0 Å². The maximum Gasteiger partial charge on any atom is 0.226 e. The van der Waals surface area contributed by atoms with Crippen molar-refractivity contribution in [2.45, 2.75) is 19.3 Å². The molecule has 8 nitrogen and oxygen atoms in total. The molecule has 9 heteroatoms. The summed E-state index contributed by atoms with van der Waals surface area (Å²) in [7, 11) is 1.56. The van der Waals surface area contributed by atoms with Gasteiger partial charge in [-0.05, 0) is 36.8 Å². The molecule has 0 spiro atoms. The number of hydrogen-bond donors (Lipinski definition) is 1. The van der Waals surface area contributed by atoms with E-state index in [0.29, 0.717) is 23.1 Å². The first kappa shape index (κ1) is 19.7. The molecule has 1 atom stereocenters. The minimum atomic E-state index is -0.210. The van der Waals surface area contributed by atoms with Crippen molar-refractivity contribution in [3.63, 3.8) is 0 Å². The molecule has 2 aromatic heterocycles. The van der Waals surface area contributed by atoms with Crippen LogP contribution in [-0.2, 0) is 4.79 Å². The molecular formula is C21H18ClN5O3. The van der Waals surface area contributed by atoms with Crippen molar-refractivity contribution >= 4 is 23.3 Å².